The van der Waals surface area contributed by atoms with E-state index >= 15 is 0 Å². The lowest BCUT2D eigenvalue weighted by molar-refractivity contribution is 0.0955. The van der Waals surface area contributed by atoms with E-state index in [-0.39, 0.29) is 61.9 Å². The summed E-state index contributed by atoms with van der Waals surface area (Å²) >= 11 is 0. The number of hydrogen-bond acceptors (Lipinski definition) is 9. The molecule has 0 aliphatic rings. The number of fused-ring (bicyclic) bond motifs is 2. The van der Waals surface area contributed by atoms with Crippen LogP contribution in [0.3, 0.4) is 0 Å². The standard InChI is InChI=1S/C27H38N6O4/c1-15(2)12-28-8-9-30-14-19-22-24(26(36)17(5)25(19)35)33-21-18(6-7-20(34)23(21)32-22)27(37)31-11-10-29-13-16(3)4/h6-7,14-16,28-29,34-36H,8-13H2,1-5H3,(H,31,37). The molecule has 0 unspecified atom stereocenters. The quantitative estimate of drug-likeness (QED) is 0.124. The molecular formula is C27H38N6O4. The molecule has 0 aliphatic carbocycles. The molecule has 0 saturated carbocycles. The number of aliphatic imine (C=N–C) groups is 1. The van der Waals surface area contributed by atoms with Crippen molar-refractivity contribution in [2.75, 3.05) is 39.3 Å². The smallest absolute Gasteiger partial charge is 0.253 e. The Kier molecular flexibility index (Phi) is 9.60. The molecular weight excluding hydrogens is 472 g/mol. The number of hydrogen-bond donors (Lipinski definition) is 6. The van der Waals surface area contributed by atoms with E-state index in [1.807, 2.05) is 0 Å². The zero-order valence-corrected chi connectivity index (χ0v) is 22.2. The fourth-order valence-corrected chi connectivity index (χ4v) is 3.82. The third-order valence-corrected chi connectivity index (χ3v) is 5.82. The van der Waals surface area contributed by atoms with Crippen molar-refractivity contribution in [2.24, 2.45) is 16.8 Å². The van der Waals surface area contributed by atoms with E-state index in [1.165, 1.54) is 18.3 Å². The van der Waals surface area contributed by atoms with Gasteiger partial charge in [-0.25, -0.2) is 9.97 Å². The molecule has 37 heavy (non-hydrogen) atoms. The van der Waals surface area contributed by atoms with Crippen LogP contribution in [-0.2, 0) is 0 Å². The van der Waals surface area contributed by atoms with Gasteiger partial charge in [0.2, 0.25) is 0 Å². The monoisotopic (exact) mass is 510 g/mol. The molecule has 2 aromatic carbocycles. The van der Waals surface area contributed by atoms with Crippen molar-refractivity contribution in [3.63, 3.8) is 0 Å². The fraction of sp³-hybridized carbons (Fsp3) is 0.481. The van der Waals surface area contributed by atoms with Gasteiger partial charge in [0, 0.05) is 31.4 Å². The first-order valence-corrected chi connectivity index (χ1v) is 12.7. The maximum atomic E-state index is 12.9. The van der Waals surface area contributed by atoms with Crippen molar-refractivity contribution in [1.82, 2.24) is 25.9 Å². The van der Waals surface area contributed by atoms with E-state index in [2.05, 4.69) is 58.6 Å². The zero-order valence-electron chi connectivity index (χ0n) is 22.2. The van der Waals surface area contributed by atoms with Crippen molar-refractivity contribution < 1.29 is 20.1 Å². The van der Waals surface area contributed by atoms with Crippen LogP contribution < -0.4 is 16.0 Å². The first kappa shape index (κ1) is 28.1. The Morgan fingerprint density at radius 2 is 1.54 bits per heavy atom. The van der Waals surface area contributed by atoms with Crippen molar-refractivity contribution >= 4 is 34.2 Å². The summed E-state index contributed by atoms with van der Waals surface area (Å²) in [5.41, 5.74) is 1.27. The molecule has 10 nitrogen and oxygen atoms in total. The van der Waals surface area contributed by atoms with Gasteiger partial charge in [0.25, 0.3) is 5.91 Å². The first-order valence-electron chi connectivity index (χ1n) is 12.7. The molecule has 1 aromatic heterocycles. The predicted octanol–water partition coefficient (Wildman–Crippen LogP) is 2.85. The van der Waals surface area contributed by atoms with Gasteiger partial charge in [0.1, 0.15) is 39.3 Å². The average molecular weight is 511 g/mol. The van der Waals surface area contributed by atoms with Crippen LogP contribution in [0.15, 0.2) is 17.1 Å². The Hall–Kier alpha value is -3.50. The van der Waals surface area contributed by atoms with Gasteiger partial charge in [-0.05, 0) is 44.0 Å². The number of rotatable bonds is 12. The van der Waals surface area contributed by atoms with E-state index in [9.17, 15) is 20.1 Å². The van der Waals surface area contributed by atoms with Crippen LogP contribution in [0.1, 0.15) is 49.2 Å². The number of carbonyl (C=O) groups excluding carboxylic acids is 1. The Labute approximate surface area is 217 Å². The number of nitrogens with one attached hydrogen (secondary N) is 3. The van der Waals surface area contributed by atoms with Crippen LogP contribution in [0.2, 0.25) is 0 Å². The topological polar surface area (TPSA) is 152 Å². The maximum Gasteiger partial charge on any atom is 0.253 e. The number of aromatic nitrogens is 2. The van der Waals surface area contributed by atoms with Gasteiger partial charge in [-0.3, -0.25) is 9.79 Å². The van der Waals surface area contributed by atoms with Gasteiger partial charge in [-0.1, -0.05) is 27.7 Å². The fourth-order valence-electron chi connectivity index (χ4n) is 3.82. The minimum absolute atomic E-state index is 0.0917. The van der Waals surface area contributed by atoms with Crippen LogP contribution in [0, 0.1) is 18.8 Å². The second-order valence-electron chi connectivity index (χ2n) is 9.97. The maximum absolute atomic E-state index is 12.9. The Bertz CT molecular complexity index is 1290. The molecule has 0 radical (unpaired) electrons. The van der Waals surface area contributed by atoms with Gasteiger partial charge in [-0.15, -0.1) is 0 Å². The Morgan fingerprint density at radius 3 is 2.22 bits per heavy atom. The summed E-state index contributed by atoms with van der Waals surface area (Å²) in [6.45, 7) is 13.9. The van der Waals surface area contributed by atoms with Gasteiger partial charge in [0.05, 0.1) is 17.7 Å². The minimum atomic E-state index is -0.365. The van der Waals surface area contributed by atoms with Crippen LogP contribution in [0.5, 0.6) is 17.2 Å². The number of benzene rings is 2. The highest BCUT2D eigenvalue weighted by atomic mass is 16.3. The number of amides is 1. The molecule has 0 spiro atoms. The van der Waals surface area contributed by atoms with Crippen molar-refractivity contribution in [2.45, 2.75) is 34.6 Å². The van der Waals surface area contributed by atoms with Gasteiger partial charge in [-0.2, -0.15) is 0 Å². The van der Waals surface area contributed by atoms with Crippen LogP contribution in [0.25, 0.3) is 22.1 Å². The average Bonchev–Trinajstić information content (AvgIpc) is 2.85. The second-order valence-corrected chi connectivity index (χ2v) is 9.97. The molecule has 3 rings (SSSR count). The molecule has 1 amide bonds. The van der Waals surface area contributed by atoms with Crippen LogP contribution in [0.4, 0.5) is 0 Å². The molecule has 0 saturated heterocycles. The Balaban J connectivity index is 1.97. The molecule has 200 valence electrons. The van der Waals surface area contributed by atoms with Crippen LogP contribution >= 0.6 is 0 Å². The molecule has 0 atom stereocenters. The van der Waals surface area contributed by atoms with E-state index in [1.54, 1.807) is 6.92 Å². The van der Waals surface area contributed by atoms with Crippen molar-refractivity contribution in [3.05, 3.63) is 28.8 Å². The molecule has 6 N–H and O–H groups in total. The summed E-state index contributed by atoms with van der Waals surface area (Å²) in [5.74, 6) is 0.0921. The summed E-state index contributed by atoms with van der Waals surface area (Å²) in [6.07, 6.45) is 1.50. The highest BCUT2D eigenvalue weighted by molar-refractivity contribution is 6.10. The van der Waals surface area contributed by atoms with Gasteiger partial charge < -0.3 is 31.3 Å². The molecule has 1 heterocycles. The summed E-state index contributed by atoms with van der Waals surface area (Å²) in [4.78, 5) is 26.4. The van der Waals surface area contributed by atoms with Crippen molar-refractivity contribution in [1.29, 1.82) is 0 Å². The predicted molar refractivity (Wildman–Crippen MR) is 147 cm³/mol. The minimum Gasteiger partial charge on any atom is -0.507 e. The molecule has 0 fully saturated rings. The number of aromatic hydroxyl groups is 3. The molecule has 3 aromatic rings. The van der Waals surface area contributed by atoms with E-state index in [0.717, 1.165) is 13.1 Å². The van der Waals surface area contributed by atoms with Gasteiger partial charge in [0.15, 0.2) is 0 Å². The molecule has 10 heteroatoms. The molecule has 0 aliphatic heterocycles. The first-order chi connectivity index (χ1) is 17.6. The van der Waals surface area contributed by atoms with Crippen molar-refractivity contribution in [3.8, 4) is 17.2 Å². The van der Waals surface area contributed by atoms with Crippen LogP contribution in [-0.4, -0.2) is 76.7 Å². The Morgan fingerprint density at radius 1 is 0.892 bits per heavy atom. The summed E-state index contributed by atoms with van der Waals surface area (Å²) in [6, 6.07) is 2.86. The lowest BCUT2D eigenvalue weighted by Gasteiger charge is -2.13. The third-order valence-electron chi connectivity index (χ3n) is 5.82. The summed E-state index contributed by atoms with van der Waals surface area (Å²) in [5, 5.41) is 41.5. The number of carbonyl (C=O) groups is 1. The highest BCUT2D eigenvalue weighted by Crippen LogP contribution is 2.38. The SMILES string of the molecule is Cc1c(O)c(C=NCCNCC(C)C)c2nc3c(O)ccc(C(=O)NCCNCC(C)C)c3nc2c1O. The van der Waals surface area contributed by atoms with E-state index < -0.39 is 0 Å². The highest BCUT2D eigenvalue weighted by Gasteiger charge is 2.22. The summed E-state index contributed by atoms with van der Waals surface area (Å²) < 4.78 is 0. The van der Waals surface area contributed by atoms with Gasteiger partial charge >= 0.3 is 0 Å². The molecule has 0 bridgehead atoms. The largest absolute Gasteiger partial charge is 0.507 e. The number of phenolic OH excluding ortho intramolecular Hbond substituents is 3. The number of nitrogens with zero attached hydrogens (tertiary/aromatic N) is 3. The second kappa shape index (κ2) is 12.6. The van der Waals surface area contributed by atoms with E-state index in [0.29, 0.717) is 38.0 Å². The number of phenols is 3. The normalized spacial score (nSPS) is 12.0. The van der Waals surface area contributed by atoms with E-state index in [4.69, 9.17) is 0 Å². The lowest BCUT2D eigenvalue weighted by atomic mass is 10.0. The third kappa shape index (κ3) is 6.84. The summed E-state index contributed by atoms with van der Waals surface area (Å²) in [7, 11) is 0. The lowest BCUT2D eigenvalue weighted by Crippen LogP contribution is -2.33. The zero-order chi connectivity index (χ0) is 27.1.